The molecule has 1 aromatic heterocycles. The highest BCUT2D eigenvalue weighted by molar-refractivity contribution is 5.32. The molecule has 0 fully saturated rings. The van der Waals surface area contributed by atoms with E-state index in [-0.39, 0.29) is 11.7 Å². The zero-order valence-corrected chi connectivity index (χ0v) is 9.88. The van der Waals surface area contributed by atoms with E-state index in [9.17, 15) is 9.50 Å². The number of aliphatic hydroxyl groups is 1. The van der Waals surface area contributed by atoms with Crippen LogP contribution in [0.2, 0.25) is 0 Å². The van der Waals surface area contributed by atoms with Gasteiger partial charge in [0.25, 0.3) is 0 Å². The summed E-state index contributed by atoms with van der Waals surface area (Å²) >= 11 is 0. The number of aromatic nitrogens is 1. The van der Waals surface area contributed by atoms with Crippen molar-refractivity contribution in [3.63, 3.8) is 0 Å². The number of rotatable bonds is 2. The number of hydrogen-bond acceptors (Lipinski definition) is 2. The van der Waals surface area contributed by atoms with Gasteiger partial charge in [-0.15, -0.1) is 0 Å². The average molecular weight is 243 g/mol. The van der Waals surface area contributed by atoms with Crippen molar-refractivity contribution in [1.29, 1.82) is 0 Å². The van der Waals surface area contributed by atoms with Crippen LogP contribution in [0.5, 0.6) is 0 Å². The van der Waals surface area contributed by atoms with Gasteiger partial charge in [0.2, 0.25) is 0 Å². The molecule has 0 aliphatic heterocycles. The SMILES string of the molecule is OC(c1ccc(F)cc1)C1CCc2cccnc21. The van der Waals surface area contributed by atoms with Gasteiger partial charge < -0.3 is 5.11 Å². The van der Waals surface area contributed by atoms with Crippen molar-refractivity contribution in [3.05, 3.63) is 65.2 Å². The molecule has 3 rings (SSSR count). The largest absolute Gasteiger partial charge is 0.388 e. The second kappa shape index (κ2) is 4.50. The molecule has 0 saturated heterocycles. The summed E-state index contributed by atoms with van der Waals surface area (Å²) in [6.07, 6.45) is 2.99. The quantitative estimate of drug-likeness (QED) is 0.879. The molecule has 92 valence electrons. The van der Waals surface area contributed by atoms with Gasteiger partial charge in [-0.05, 0) is 42.2 Å². The summed E-state index contributed by atoms with van der Waals surface area (Å²) in [7, 11) is 0. The van der Waals surface area contributed by atoms with E-state index in [1.165, 1.54) is 17.7 Å². The van der Waals surface area contributed by atoms with E-state index in [1.54, 1.807) is 18.3 Å². The van der Waals surface area contributed by atoms with Crippen molar-refractivity contribution in [2.45, 2.75) is 24.9 Å². The summed E-state index contributed by atoms with van der Waals surface area (Å²) in [5, 5.41) is 10.4. The molecule has 0 saturated carbocycles. The van der Waals surface area contributed by atoms with Crippen molar-refractivity contribution in [1.82, 2.24) is 4.98 Å². The molecule has 1 aromatic carbocycles. The molecule has 0 amide bonds. The number of aliphatic hydroxyl groups excluding tert-OH is 1. The smallest absolute Gasteiger partial charge is 0.123 e. The Kier molecular flexibility index (Phi) is 2.84. The summed E-state index contributed by atoms with van der Waals surface area (Å²) in [5.41, 5.74) is 2.94. The molecule has 3 heteroatoms. The Morgan fingerprint density at radius 2 is 2.00 bits per heavy atom. The number of hydrogen-bond donors (Lipinski definition) is 1. The molecule has 2 aromatic rings. The monoisotopic (exact) mass is 243 g/mol. The number of aryl methyl sites for hydroxylation is 1. The summed E-state index contributed by atoms with van der Waals surface area (Å²) in [6.45, 7) is 0. The molecule has 1 heterocycles. The second-order valence-electron chi connectivity index (χ2n) is 4.69. The Morgan fingerprint density at radius 3 is 2.78 bits per heavy atom. The number of pyridine rings is 1. The Hall–Kier alpha value is -1.74. The Labute approximate surface area is 105 Å². The van der Waals surface area contributed by atoms with Crippen molar-refractivity contribution >= 4 is 0 Å². The molecule has 2 nitrogen and oxygen atoms in total. The molecule has 18 heavy (non-hydrogen) atoms. The van der Waals surface area contributed by atoms with E-state index in [4.69, 9.17) is 0 Å². The van der Waals surface area contributed by atoms with Gasteiger partial charge in [-0.1, -0.05) is 18.2 Å². The lowest BCUT2D eigenvalue weighted by Crippen LogP contribution is -2.09. The predicted octanol–water partition coefficient (Wildman–Crippen LogP) is 2.98. The van der Waals surface area contributed by atoms with E-state index in [0.29, 0.717) is 0 Å². The molecule has 2 atom stereocenters. The highest BCUT2D eigenvalue weighted by atomic mass is 19.1. The number of benzene rings is 1. The minimum absolute atomic E-state index is 0.0201. The number of fused-ring (bicyclic) bond motifs is 1. The van der Waals surface area contributed by atoms with Gasteiger partial charge in [-0.2, -0.15) is 0 Å². The van der Waals surface area contributed by atoms with E-state index in [0.717, 1.165) is 24.1 Å². The van der Waals surface area contributed by atoms with Crippen LogP contribution in [0.4, 0.5) is 4.39 Å². The third-order valence-electron chi connectivity index (χ3n) is 3.59. The van der Waals surface area contributed by atoms with Crippen molar-refractivity contribution in [2.75, 3.05) is 0 Å². The van der Waals surface area contributed by atoms with Gasteiger partial charge in [-0.25, -0.2) is 4.39 Å². The Morgan fingerprint density at radius 1 is 1.22 bits per heavy atom. The Bertz CT molecular complexity index is 553. The van der Waals surface area contributed by atoms with Crippen LogP contribution >= 0.6 is 0 Å². The zero-order chi connectivity index (χ0) is 12.5. The standard InChI is InChI=1S/C15H14FNO/c16-12-6-3-11(4-7-12)15(18)13-8-5-10-2-1-9-17-14(10)13/h1-4,6-7,9,13,15,18H,5,8H2. The Balaban J connectivity index is 1.90. The molecule has 1 aliphatic rings. The topological polar surface area (TPSA) is 33.1 Å². The molecule has 0 radical (unpaired) electrons. The first-order valence-corrected chi connectivity index (χ1v) is 6.13. The van der Waals surface area contributed by atoms with Crippen LogP contribution in [0.15, 0.2) is 42.6 Å². The maximum Gasteiger partial charge on any atom is 0.123 e. The van der Waals surface area contributed by atoms with E-state index in [2.05, 4.69) is 11.1 Å². The molecule has 2 unspecified atom stereocenters. The van der Waals surface area contributed by atoms with E-state index in [1.807, 2.05) is 6.07 Å². The van der Waals surface area contributed by atoms with Gasteiger partial charge in [-0.3, -0.25) is 4.98 Å². The fourth-order valence-corrected chi connectivity index (χ4v) is 2.64. The van der Waals surface area contributed by atoms with Crippen molar-refractivity contribution < 1.29 is 9.50 Å². The van der Waals surface area contributed by atoms with Gasteiger partial charge in [0.1, 0.15) is 5.82 Å². The lowest BCUT2D eigenvalue weighted by Gasteiger charge is -2.18. The predicted molar refractivity (Wildman–Crippen MR) is 66.7 cm³/mol. The third kappa shape index (κ3) is 1.91. The molecular formula is C15H14FNO. The lowest BCUT2D eigenvalue weighted by atomic mass is 9.93. The zero-order valence-electron chi connectivity index (χ0n) is 9.88. The fourth-order valence-electron chi connectivity index (χ4n) is 2.64. The first-order chi connectivity index (χ1) is 8.75. The number of halogens is 1. The van der Waals surface area contributed by atoms with Crippen LogP contribution in [0, 0.1) is 5.82 Å². The highest BCUT2D eigenvalue weighted by Crippen LogP contribution is 2.40. The summed E-state index contributed by atoms with van der Waals surface area (Å²) in [4.78, 5) is 4.37. The maximum atomic E-state index is 12.9. The van der Waals surface area contributed by atoms with Crippen LogP contribution in [0.1, 0.15) is 35.3 Å². The van der Waals surface area contributed by atoms with Crippen LogP contribution in [0.3, 0.4) is 0 Å². The lowest BCUT2D eigenvalue weighted by molar-refractivity contribution is 0.143. The van der Waals surface area contributed by atoms with Crippen LogP contribution in [-0.2, 0) is 6.42 Å². The van der Waals surface area contributed by atoms with Gasteiger partial charge in [0.15, 0.2) is 0 Å². The third-order valence-corrected chi connectivity index (χ3v) is 3.59. The van der Waals surface area contributed by atoms with Crippen LogP contribution in [0.25, 0.3) is 0 Å². The fraction of sp³-hybridized carbons (Fsp3) is 0.267. The van der Waals surface area contributed by atoms with Crippen molar-refractivity contribution in [3.8, 4) is 0 Å². The number of nitrogens with zero attached hydrogens (tertiary/aromatic N) is 1. The van der Waals surface area contributed by atoms with Gasteiger partial charge in [0, 0.05) is 17.8 Å². The molecule has 0 bridgehead atoms. The first kappa shape index (κ1) is 11.4. The normalized spacial score (nSPS) is 19.6. The van der Waals surface area contributed by atoms with Gasteiger partial charge >= 0.3 is 0 Å². The summed E-state index contributed by atoms with van der Waals surface area (Å²) < 4.78 is 12.9. The van der Waals surface area contributed by atoms with E-state index >= 15 is 0 Å². The average Bonchev–Trinajstić information content (AvgIpc) is 2.82. The van der Waals surface area contributed by atoms with Crippen LogP contribution in [-0.4, -0.2) is 10.1 Å². The van der Waals surface area contributed by atoms with Crippen LogP contribution < -0.4 is 0 Å². The first-order valence-electron chi connectivity index (χ1n) is 6.13. The van der Waals surface area contributed by atoms with Gasteiger partial charge in [0.05, 0.1) is 6.10 Å². The summed E-state index contributed by atoms with van der Waals surface area (Å²) in [6, 6.07) is 10.0. The minimum atomic E-state index is -0.609. The molecule has 0 spiro atoms. The minimum Gasteiger partial charge on any atom is -0.388 e. The second-order valence-corrected chi connectivity index (χ2v) is 4.69. The van der Waals surface area contributed by atoms with E-state index < -0.39 is 6.10 Å². The molecular weight excluding hydrogens is 229 g/mol. The maximum absolute atomic E-state index is 12.9. The molecule has 1 aliphatic carbocycles. The molecule has 1 N–H and O–H groups in total. The van der Waals surface area contributed by atoms with Crippen molar-refractivity contribution in [2.24, 2.45) is 0 Å². The summed E-state index contributed by atoms with van der Waals surface area (Å²) in [5.74, 6) is -0.262. The highest BCUT2D eigenvalue weighted by Gasteiger charge is 2.30.